The molecule has 4 atom stereocenters. The van der Waals surface area contributed by atoms with Gasteiger partial charge in [-0.3, -0.25) is 0 Å². The minimum Gasteiger partial charge on any atom is -0.445 e. The van der Waals surface area contributed by atoms with Crippen LogP contribution in [0.15, 0.2) is 60.7 Å². The van der Waals surface area contributed by atoms with Crippen LogP contribution in [0.1, 0.15) is 30.1 Å². The van der Waals surface area contributed by atoms with E-state index < -0.39 is 6.10 Å². The quantitative estimate of drug-likeness (QED) is 0.905. The fraction of sp³-hybridized carbons (Fsp3) is 0.409. The van der Waals surface area contributed by atoms with E-state index >= 15 is 0 Å². The van der Waals surface area contributed by atoms with Crippen LogP contribution in [-0.4, -0.2) is 29.2 Å². The highest BCUT2D eigenvalue weighted by Crippen LogP contribution is 2.46. The van der Waals surface area contributed by atoms with Gasteiger partial charge in [0, 0.05) is 13.1 Å². The highest BCUT2D eigenvalue weighted by Gasteiger charge is 2.44. The van der Waals surface area contributed by atoms with Gasteiger partial charge in [0.25, 0.3) is 0 Å². The molecule has 0 bridgehead atoms. The highest BCUT2D eigenvalue weighted by atomic mass is 16.6. The summed E-state index contributed by atoms with van der Waals surface area (Å²) in [6.07, 6.45) is 1.33. The Morgan fingerprint density at radius 1 is 1.00 bits per heavy atom. The fourth-order valence-electron chi connectivity index (χ4n) is 4.49. The summed E-state index contributed by atoms with van der Waals surface area (Å²) < 4.78 is 5.46. The number of benzene rings is 2. The monoisotopic (exact) mass is 351 g/mol. The molecule has 4 rings (SSSR count). The molecule has 2 aromatic rings. The van der Waals surface area contributed by atoms with E-state index in [1.165, 1.54) is 0 Å². The number of nitrogens with zero attached hydrogens (tertiary/aromatic N) is 1. The molecule has 0 aromatic heterocycles. The molecule has 2 aromatic carbocycles. The lowest BCUT2D eigenvalue weighted by Crippen LogP contribution is -2.30. The smallest absolute Gasteiger partial charge is 0.410 e. The van der Waals surface area contributed by atoms with Gasteiger partial charge in [0.15, 0.2) is 0 Å². The summed E-state index contributed by atoms with van der Waals surface area (Å²) in [5.41, 5.74) is 2.00. The largest absolute Gasteiger partial charge is 0.445 e. The van der Waals surface area contributed by atoms with Crippen molar-refractivity contribution in [1.29, 1.82) is 0 Å². The Kier molecular flexibility index (Phi) is 4.93. The minimum absolute atomic E-state index is 0.219. The molecule has 1 aliphatic carbocycles. The summed E-state index contributed by atoms with van der Waals surface area (Å²) in [5, 5.41) is 10.7. The Bertz CT molecular complexity index is 720. The van der Waals surface area contributed by atoms with Crippen molar-refractivity contribution in [2.75, 3.05) is 13.1 Å². The number of rotatable bonds is 4. The van der Waals surface area contributed by atoms with Gasteiger partial charge in [0.1, 0.15) is 6.61 Å². The van der Waals surface area contributed by atoms with Gasteiger partial charge in [-0.15, -0.1) is 0 Å². The lowest BCUT2D eigenvalue weighted by atomic mass is 9.93. The Labute approximate surface area is 154 Å². The summed E-state index contributed by atoms with van der Waals surface area (Å²) in [6, 6.07) is 19.7. The van der Waals surface area contributed by atoms with Crippen molar-refractivity contribution in [3.63, 3.8) is 0 Å². The SMILES string of the molecule is O=C(OCc1ccccc1)N1C[C@H]2CC(C(O)c3ccccc3)C[C@H]2C1. The van der Waals surface area contributed by atoms with Crippen LogP contribution >= 0.6 is 0 Å². The third kappa shape index (κ3) is 3.61. The zero-order valence-corrected chi connectivity index (χ0v) is 14.8. The van der Waals surface area contributed by atoms with Crippen molar-refractivity contribution in [3.05, 3.63) is 71.8 Å². The van der Waals surface area contributed by atoms with Gasteiger partial charge in [-0.2, -0.15) is 0 Å². The van der Waals surface area contributed by atoms with Crippen LogP contribution < -0.4 is 0 Å². The second kappa shape index (κ2) is 7.50. The molecule has 0 radical (unpaired) electrons. The van der Waals surface area contributed by atoms with E-state index in [0.717, 1.165) is 37.1 Å². The molecule has 1 heterocycles. The summed E-state index contributed by atoms with van der Waals surface area (Å²) in [6.45, 7) is 1.81. The van der Waals surface area contributed by atoms with E-state index in [4.69, 9.17) is 4.74 Å². The third-order valence-electron chi connectivity index (χ3n) is 5.84. The number of likely N-dealkylation sites (tertiary alicyclic amines) is 1. The Balaban J connectivity index is 1.29. The van der Waals surface area contributed by atoms with Gasteiger partial charge in [-0.25, -0.2) is 4.79 Å². The van der Waals surface area contributed by atoms with Crippen molar-refractivity contribution in [1.82, 2.24) is 4.90 Å². The number of hydrogen-bond acceptors (Lipinski definition) is 3. The van der Waals surface area contributed by atoms with E-state index in [0.29, 0.717) is 18.4 Å². The molecule has 0 spiro atoms. The number of aliphatic hydroxyl groups is 1. The molecule has 2 aliphatic rings. The lowest BCUT2D eigenvalue weighted by molar-refractivity contribution is 0.0902. The molecule has 1 N–H and O–H groups in total. The average molecular weight is 351 g/mol. The lowest BCUT2D eigenvalue weighted by Gasteiger charge is -2.22. The van der Waals surface area contributed by atoms with Gasteiger partial charge in [0.2, 0.25) is 0 Å². The Morgan fingerprint density at radius 3 is 2.19 bits per heavy atom. The van der Waals surface area contributed by atoms with Gasteiger partial charge >= 0.3 is 6.09 Å². The Hall–Kier alpha value is -2.33. The van der Waals surface area contributed by atoms with E-state index in [-0.39, 0.29) is 12.0 Å². The van der Waals surface area contributed by atoms with Crippen molar-refractivity contribution in [3.8, 4) is 0 Å². The second-order valence-electron chi connectivity index (χ2n) is 7.55. The second-order valence-corrected chi connectivity index (χ2v) is 7.55. The molecular weight excluding hydrogens is 326 g/mol. The summed E-state index contributed by atoms with van der Waals surface area (Å²) >= 11 is 0. The number of carbonyl (C=O) groups is 1. The highest BCUT2D eigenvalue weighted by molar-refractivity contribution is 5.68. The van der Waals surface area contributed by atoms with Crippen LogP contribution in [0.3, 0.4) is 0 Å². The van der Waals surface area contributed by atoms with Crippen molar-refractivity contribution < 1.29 is 14.6 Å². The van der Waals surface area contributed by atoms with E-state index in [9.17, 15) is 9.90 Å². The van der Waals surface area contributed by atoms with Gasteiger partial charge in [-0.1, -0.05) is 60.7 Å². The van der Waals surface area contributed by atoms with Crippen LogP contribution in [-0.2, 0) is 11.3 Å². The molecule has 2 fully saturated rings. The maximum Gasteiger partial charge on any atom is 0.410 e. The molecule has 2 unspecified atom stereocenters. The first kappa shape index (κ1) is 17.1. The molecule has 4 nitrogen and oxygen atoms in total. The minimum atomic E-state index is -0.403. The molecule has 1 amide bonds. The molecule has 1 saturated carbocycles. The predicted molar refractivity (Wildman–Crippen MR) is 99.3 cm³/mol. The Morgan fingerprint density at radius 2 is 1.58 bits per heavy atom. The summed E-state index contributed by atoms with van der Waals surface area (Å²) in [7, 11) is 0. The van der Waals surface area contributed by atoms with Crippen molar-refractivity contribution in [2.45, 2.75) is 25.6 Å². The number of fused-ring (bicyclic) bond motifs is 1. The van der Waals surface area contributed by atoms with Crippen LogP contribution in [0.4, 0.5) is 4.79 Å². The van der Waals surface area contributed by atoms with E-state index in [1.54, 1.807) is 0 Å². The standard InChI is InChI=1S/C22H25NO3/c24-21(17-9-5-2-6-10-17)18-11-19-13-23(14-20(19)12-18)22(25)26-15-16-7-3-1-4-8-16/h1-10,18-21,24H,11-15H2/t18?,19-,20+,21?. The maximum absolute atomic E-state index is 12.3. The molecular formula is C22H25NO3. The van der Waals surface area contributed by atoms with E-state index in [2.05, 4.69) is 0 Å². The number of ether oxygens (including phenoxy) is 1. The van der Waals surface area contributed by atoms with Crippen LogP contribution in [0.25, 0.3) is 0 Å². The van der Waals surface area contributed by atoms with Gasteiger partial charge in [0.05, 0.1) is 6.10 Å². The molecule has 26 heavy (non-hydrogen) atoms. The first-order valence-electron chi connectivity index (χ1n) is 9.39. The average Bonchev–Trinajstić information content (AvgIpc) is 3.26. The van der Waals surface area contributed by atoms with Gasteiger partial charge < -0.3 is 14.7 Å². The van der Waals surface area contributed by atoms with Crippen molar-refractivity contribution >= 4 is 6.09 Å². The molecule has 136 valence electrons. The zero-order valence-electron chi connectivity index (χ0n) is 14.8. The van der Waals surface area contributed by atoms with Gasteiger partial charge in [-0.05, 0) is 41.7 Å². The maximum atomic E-state index is 12.3. The number of amides is 1. The fourth-order valence-corrected chi connectivity index (χ4v) is 4.49. The predicted octanol–water partition coefficient (Wildman–Crippen LogP) is 4.01. The van der Waals surface area contributed by atoms with Crippen molar-refractivity contribution in [2.24, 2.45) is 17.8 Å². The molecule has 4 heteroatoms. The first-order valence-corrected chi connectivity index (χ1v) is 9.39. The van der Waals surface area contributed by atoms with Crippen LogP contribution in [0, 0.1) is 17.8 Å². The van der Waals surface area contributed by atoms with Crippen LogP contribution in [0.5, 0.6) is 0 Å². The summed E-state index contributed by atoms with van der Waals surface area (Å²) in [4.78, 5) is 14.2. The molecule has 1 aliphatic heterocycles. The zero-order chi connectivity index (χ0) is 17.9. The van der Waals surface area contributed by atoms with Crippen LogP contribution in [0.2, 0.25) is 0 Å². The summed E-state index contributed by atoms with van der Waals surface area (Å²) in [5.74, 6) is 1.24. The van der Waals surface area contributed by atoms with E-state index in [1.807, 2.05) is 65.6 Å². The topological polar surface area (TPSA) is 49.8 Å². The first-order chi connectivity index (χ1) is 12.7. The molecule has 1 saturated heterocycles. The third-order valence-corrected chi connectivity index (χ3v) is 5.84. The number of aliphatic hydroxyl groups excluding tert-OH is 1. The number of carbonyl (C=O) groups excluding carboxylic acids is 1. The normalized spacial score (nSPS) is 25.7. The number of hydrogen-bond donors (Lipinski definition) is 1.